The van der Waals surface area contributed by atoms with Gasteiger partial charge in [-0.2, -0.15) is 11.8 Å². The highest BCUT2D eigenvalue weighted by Gasteiger charge is 2.48. The molecule has 20 heavy (non-hydrogen) atoms. The Kier molecular flexibility index (Phi) is 4.11. The molecule has 4 heteroatoms. The molecule has 0 radical (unpaired) electrons. The summed E-state index contributed by atoms with van der Waals surface area (Å²) >= 11 is 2.04. The van der Waals surface area contributed by atoms with Gasteiger partial charge in [-0.1, -0.05) is 6.92 Å². The first-order chi connectivity index (χ1) is 9.70. The fourth-order valence-corrected chi connectivity index (χ4v) is 4.51. The van der Waals surface area contributed by atoms with Crippen LogP contribution in [0.1, 0.15) is 44.3 Å². The van der Waals surface area contributed by atoms with Crippen molar-refractivity contribution in [3.05, 3.63) is 24.2 Å². The Bertz CT molecular complexity index is 459. The molecule has 0 spiro atoms. The predicted molar refractivity (Wildman–Crippen MR) is 81.9 cm³/mol. The quantitative estimate of drug-likeness (QED) is 0.833. The molecule has 2 aliphatic rings. The van der Waals surface area contributed by atoms with Crippen molar-refractivity contribution in [1.29, 1.82) is 0 Å². The van der Waals surface area contributed by atoms with Crippen molar-refractivity contribution in [2.75, 3.05) is 12.8 Å². The van der Waals surface area contributed by atoms with Crippen molar-refractivity contribution >= 4 is 17.7 Å². The Balaban J connectivity index is 1.53. The van der Waals surface area contributed by atoms with Gasteiger partial charge in [0.25, 0.3) is 0 Å². The van der Waals surface area contributed by atoms with Gasteiger partial charge in [-0.3, -0.25) is 4.79 Å². The average molecular weight is 293 g/mol. The number of furan rings is 1. The molecule has 3 rings (SSSR count). The lowest BCUT2D eigenvalue weighted by molar-refractivity contribution is -0.133. The van der Waals surface area contributed by atoms with Gasteiger partial charge in [-0.25, -0.2) is 0 Å². The fraction of sp³-hybridized carbons (Fsp3) is 0.688. The zero-order chi connectivity index (χ0) is 14.1. The molecule has 3 nitrogen and oxygen atoms in total. The van der Waals surface area contributed by atoms with Crippen LogP contribution in [0, 0.1) is 5.92 Å². The van der Waals surface area contributed by atoms with Gasteiger partial charge >= 0.3 is 0 Å². The lowest BCUT2D eigenvalue weighted by atomic mass is 10.2. The average Bonchev–Trinajstić information content (AvgIpc) is 2.89. The highest BCUT2D eigenvalue weighted by Crippen LogP contribution is 2.49. The summed E-state index contributed by atoms with van der Waals surface area (Å²) in [6.07, 6.45) is 6.24. The van der Waals surface area contributed by atoms with Crippen LogP contribution in [-0.4, -0.2) is 34.9 Å². The molecule has 1 amide bonds. The smallest absolute Gasteiger partial charge is 0.226 e. The summed E-state index contributed by atoms with van der Waals surface area (Å²) in [6, 6.07) is 4.34. The van der Waals surface area contributed by atoms with E-state index in [0.29, 0.717) is 17.9 Å². The Morgan fingerprint density at radius 1 is 1.45 bits per heavy atom. The van der Waals surface area contributed by atoms with Crippen LogP contribution in [0.2, 0.25) is 0 Å². The monoisotopic (exact) mass is 293 g/mol. The van der Waals surface area contributed by atoms with Crippen LogP contribution >= 0.6 is 11.8 Å². The van der Waals surface area contributed by atoms with E-state index in [1.54, 1.807) is 6.26 Å². The van der Waals surface area contributed by atoms with E-state index in [-0.39, 0.29) is 5.92 Å². The number of hydrogen-bond acceptors (Lipinski definition) is 3. The van der Waals surface area contributed by atoms with Crippen molar-refractivity contribution in [2.24, 2.45) is 5.92 Å². The van der Waals surface area contributed by atoms with Gasteiger partial charge in [-0.15, -0.1) is 0 Å². The maximum Gasteiger partial charge on any atom is 0.226 e. The third-order valence-corrected chi connectivity index (χ3v) is 5.90. The van der Waals surface area contributed by atoms with E-state index in [2.05, 4.69) is 6.92 Å². The van der Waals surface area contributed by atoms with Crippen molar-refractivity contribution < 1.29 is 9.21 Å². The largest absolute Gasteiger partial charge is 0.469 e. The molecule has 110 valence electrons. The number of rotatable bonds is 5. The van der Waals surface area contributed by atoms with Crippen molar-refractivity contribution in [2.45, 2.75) is 49.8 Å². The molecule has 1 aromatic rings. The Hall–Kier alpha value is -0.900. The van der Waals surface area contributed by atoms with E-state index in [1.165, 1.54) is 18.6 Å². The second kappa shape index (κ2) is 5.84. The van der Waals surface area contributed by atoms with Gasteiger partial charge in [0.15, 0.2) is 0 Å². The van der Waals surface area contributed by atoms with Gasteiger partial charge in [0.05, 0.1) is 6.26 Å². The summed E-state index contributed by atoms with van der Waals surface area (Å²) in [4.78, 5) is 14.6. The van der Waals surface area contributed by atoms with E-state index >= 15 is 0 Å². The van der Waals surface area contributed by atoms with E-state index in [1.807, 2.05) is 35.8 Å². The fourth-order valence-electron chi connectivity index (χ4n) is 3.38. The number of carbonyl (C=O) groups is 1. The van der Waals surface area contributed by atoms with Crippen molar-refractivity contribution in [3.8, 4) is 0 Å². The Labute approximate surface area is 125 Å². The Morgan fingerprint density at radius 2 is 2.30 bits per heavy atom. The minimum atomic E-state index is 0.157. The summed E-state index contributed by atoms with van der Waals surface area (Å²) in [5, 5.41) is 0.750. The van der Waals surface area contributed by atoms with E-state index in [9.17, 15) is 4.79 Å². The molecule has 4 atom stereocenters. The number of hydrogen-bond donors (Lipinski definition) is 0. The first-order valence-corrected chi connectivity index (χ1v) is 8.67. The lowest BCUT2D eigenvalue weighted by Gasteiger charge is -2.25. The molecule has 0 saturated heterocycles. The summed E-state index contributed by atoms with van der Waals surface area (Å²) in [5.74, 6) is 2.95. The third kappa shape index (κ3) is 2.76. The molecule has 0 aliphatic heterocycles. The standard InChI is InChI=1S/C16H23NO2S/c1-3-20-12-7-6-11(9-12)17(2)16(18)14-10-13(14)15-5-4-8-19-15/h4-5,8,11-14H,3,6-7,9-10H2,1-2H3/t11-,12+,13-,14+/m0/s1. The second-order valence-corrected chi connectivity index (χ2v) is 7.53. The van der Waals surface area contributed by atoms with Gasteiger partial charge in [0.1, 0.15) is 5.76 Å². The van der Waals surface area contributed by atoms with Crippen LogP contribution in [0.3, 0.4) is 0 Å². The Morgan fingerprint density at radius 3 is 3.00 bits per heavy atom. The van der Waals surface area contributed by atoms with Crippen LogP contribution < -0.4 is 0 Å². The minimum absolute atomic E-state index is 0.157. The highest BCUT2D eigenvalue weighted by atomic mass is 32.2. The number of thioether (sulfide) groups is 1. The van der Waals surface area contributed by atoms with Crippen LogP contribution in [0.4, 0.5) is 0 Å². The molecule has 0 aromatic carbocycles. The summed E-state index contributed by atoms with van der Waals surface area (Å²) in [6.45, 7) is 2.21. The summed E-state index contributed by atoms with van der Waals surface area (Å²) < 4.78 is 5.42. The van der Waals surface area contributed by atoms with Crippen LogP contribution in [0.25, 0.3) is 0 Å². The van der Waals surface area contributed by atoms with Crippen molar-refractivity contribution in [1.82, 2.24) is 4.90 Å². The number of carbonyl (C=O) groups excluding carboxylic acids is 1. The summed E-state index contributed by atoms with van der Waals surface area (Å²) in [7, 11) is 1.99. The SMILES string of the molecule is CCS[C@@H]1CC[C@H](N(C)C(=O)[C@@H]2C[C@@H]2c2ccco2)C1. The number of nitrogens with zero attached hydrogens (tertiary/aromatic N) is 1. The molecular weight excluding hydrogens is 270 g/mol. The van der Waals surface area contributed by atoms with Gasteiger partial charge < -0.3 is 9.32 Å². The van der Waals surface area contributed by atoms with E-state index in [0.717, 1.165) is 23.9 Å². The lowest BCUT2D eigenvalue weighted by Crippen LogP contribution is -2.36. The van der Waals surface area contributed by atoms with E-state index in [4.69, 9.17) is 4.42 Å². The van der Waals surface area contributed by atoms with Crippen LogP contribution in [-0.2, 0) is 4.79 Å². The molecular formula is C16H23NO2S. The second-order valence-electron chi connectivity index (χ2n) is 5.96. The van der Waals surface area contributed by atoms with Gasteiger partial charge in [0, 0.05) is 30.2 Å². The third-order valence-electron chi connectivity index (χ3n) is 4.67. The topological polar surface area (TPSA) is 33.5 Å². The molecule has 0 bridgehead atoms. The molecule has 2 fully saturated rings. The molecule has 1 aromatic heterocycles. The normalized spacial score (nSPS) is 32.3. The minimum Gasteiger partial charge on any atom is -0.469 e. The van der Waals surface area contributed by atoms with Crippen LogP contribution in [0.5, 0.6) is 0 Å². The maximum atomic E-state index is 12.5. The molecule has 2 saturated carbocycles. The number of amides is 1. The maximum absolute atomic E-state index is 12.5. The predicted octanol–water partition coefficient (Wildman–Crippen LogP) is 3.52. The molecule has 0 N–H and O–H groups in total. The molecule has 2 aliphatic carbocycles. The summed E-state index contributed by atoms with van der Waals surface area (Å²) in [5.41, 5.74) is 0. The van der Waals surface area contributed by atoms with Gasteiger partial charge in [-0.05, 0) is 43.6 Å². The molecule has 0 unspecified atom stereocenters. The van der Waals surface area contributed by atoms with Gasteiger partial charge in [0.2, 0.25) is 5.91 Å². The zero-order valence-electron chi connectivity index (χ0n) is 12.2. The van der Waals surface area contributed by atoms with E-state index < -0.39 is 0 Å². The van der Waals surface area contributed by atoms with Crippen molar-refractivity contribution in [3.63, 3.8) is 0 Å². The first-order valence-electron chi connectivity index (χ1n) is 7.62. The zero-order valence-corrected chi connectivity index (χ0v) is 13.1. The van der Waals surface area contributed by atoms with Crippen LogP contribution in [0.15, 0.2) is 22.8 Å². The first kappa shape index (κ1) is 14.1. The molecule has 1 heterocycles. The highest BCUT2D eigenvalue weighted by molar-refractivity contribution is 7.99.